The van der Waals surface area contributed by atoms with Crippen molar-refractivity contribution in [2.24, 2.45) is 11.8 Å². The summed E-state index contributed by atoms with van der Waals surface area (Å²) in [6.45, 7) is 4.31. The van der Waals surface area contributed by atoms with Gasteiger partial charge in [0.25, 0.3) is 0 Å². The molecule has 1 aliphatic carbocycles. The number of ether oxygens (including phenoxy) is 1. The van der Waals surface area contributed by atoms with Gasteiger partial charge in [-0.05, 0) is 44.4 Å². The van der Waals surface area contributed by atoms with Crippen molar-refractivity contribution in [2.75, 3.05) is 7.11 Å². The summed E-state index contributed by atoms with van der Waals surface area (Å²) in [6.07, 6.45) is 13.2. The molecule has 1 rings (SSSR count). The minimum Gasteiger partial charge on any atom is -0.469 e. The molecule has 4 heteroatoms. The number of hydrogen-bond donors (Lipinski definition) is 2. The highest BCUT2D eigenvalue weighted by Gasteiger charge is 2.29. The first-order chi connectivity index (χ1) is 12.5. The van der Waals surface area contributed by atoms with Gasteiger partial charge in [0.05, 0.1) is 19.3 Å². The lowest BCUT2D eigenvalue weighted by Gasteiger charge is -2.19. The maximum Gasteiger partial charge on any atom is 0.305 e. The number of unbranched alkanes of at least 4 members (excludes halogenated alkanes) is 4. The van der Waals surface area contributed by atoms with Crippen molar-refractivity contribution in [3.05, 3.63) is 11.6 Å². The topological polar surface area (TPSA) is 66.8 Å². The first-order valence-electron chi connectivity index (χ1n) is 10.6. The highest BCUT2D eigenvalue weighted by atomic mass is 16.5. The van der Waals surface area contributed by atoms with Crippen molar-refractivity contribution in [3.63, 3.8) is 0 Å². The van der Waals surface area contributed by atoms with Gasteiger partial charge in [0.15, 0.2) is 0 Å². The van der Waals surface area contributed by atoms with Gasteiger partial charge in [-0.3, -0.25) is 4.79 Å². The van der Waals surface area contributed by atoms with E-state index in [0.717, 1.165) is 51.4 Å². The van der Waals surface area contributed by atoms with Crippen molar-refractivity contribution in [1.29, 1.82) is 0 Å². The fraction of sp³-hybridized carbons (Fsp3) is 0.864. The summed E-state index contributed by atoms with van der Waals surface area (Å²) in [5.74, 6) is 0.466. The van der Waals surface area contributed by atoms with Crippen LogP contribution in [0.5, 0.6) is 0 Å². The highest BCUT2D eigenvalue weighted by molar-refractivity contribution is 5.68. The van der Waals surface area contributed by atoms with Gasteiger partial charge in [0, 0.05) is 12.3 Å². The average molecular weight is 369 g/mol. The zero-order chi connectivity index (χ0) is 19.4. The molecule has 0 aromatic carbocycles. The fourth-order valence-corrected chi connectivity index (χ4v) is 3.89. The van der Waals surface area contributed by atoms with Crippen molar-refractivity contribution in [2.45, 2.75) is 103 Å². The van der Waals surface area contributed by atoms with Gasteiger partial charge in [-0.25, -0.2) is 0 Å². The lowest BCUT2D eigenvalue weighted by Crippen LogP contribution is -2.18. The maximum absolute atomic E-state index is 11.1. The van der Waals surface area contributed by atoms with Crippen LogP contribution in [0, 0.1) is 11.8 Å². The molecule has 1 saturated carbocycles. The van der Waals surface area contributed by atoms with Crippen molar-refractivity contribution in [1.82, 2.24) is 0 Å². The standard InChI is InChI=1S/C22H40O4/c1-4-5-10-17(2)20(23)15-13-18-14-16-21(24)19(18)11-8-6-7-9-12-22(25)26-3/h13,17,19-21,23-24H,4-12,14-16H2,1-3H3/t17?,19-,20?,21-/m1/s1. The van der Waals surface area contributed by atoms with Crippen molar-refractivity contribution >= 4 is 5.97 Å². The van der Waals surface area contributed by atoms with Crippen LogP contribution in [0.2, 0.25) is 0 Å². The number of carbonyl (C=O) groups excluding carboxylic acids is 1. The monoisotopic (exact) mass is 368 g/mol. The molecule has 2 unspecified atom stereocenters. The van der Waals surface area contributed by atoms with E-state index in [0.29, 0.717) is 18.8 Å². The molecule has 0 aromatic rings. The predicted octanol–water partition coefficient (Wildman–Crippen LogP) is 4.77. The van der Waals surface area contributed by atoms with Gasteiger partial charge in [-0.2, -0.15) is 0 Å². The molecule has 1 aliphatic rings. The summed E-state index contributed by atoms with van der Waals surface area (Å²) in [5.41, 5.74) is 1.34. The van der Waals surface area contributed by atoms with Crippen LogP contribution in [-0.4, -0.2) is 35.5 Å². The Morgan fingerprint density at radius 1 is 1.27 bits per heavy atom. The second-order valence-electron chi connectivity index (χ2n) is 7.94. The summed E-state index contributed by atoms with van der Waals surface area (Å²) < 4.78 is 4.65. The molecule has 0 spiro atoms. The number of hydrogen-bond acceptors (Lipinski definition) is 4. The van der Waals surface area contributed by atoms with Crippen LogP contribution in [0.1, 0.15) is 90.9 Å². The molecule has 0 amide bonds. The summed E-state index contributed by atoms with van der Waals surface area (Å²) in [4.78, 5) is 11.1. The molecule has 0 saturated heterocycles. The number of aliphatic hydroxyl groups is 2. The van der Waals surface area contributed by atoms with Gasteiger partial charge >= 0.3 is 5.97 Å². The van der Waals surface area contributed by atoms with Gasteiger partial charge in [-0.1, -0.05) is 57.6 Å². The van der Waals surface area contributed by atoms with Crippen LogP contribution in [0.15, 0.2) is 11.6 Å². The Kier molecular flexibility index (Phi) is 11.9. The van der Waals surface area contributed by atoms with Crippen LogP contribution >= 0.6 is 0 Å². The smallest absolute Gasteiger partial charge is 0.305 e. The Balaban J connectivity index is 2.33. The Labute approximate surface area is 160 Å². The van der Waals surface area contributed by atoms with Gasteiger partial charge in [0.2, 0.25) is 0 Å². The molecule has 1 fully saturated rings. The van der Waals surface area contributed by atoms with E-state index in [1.54, 1.807) is 0 Å². The Hall–Kier alpha value is -0.870. The number of aliphatic hydroxyl groups excluding tert-OH is 2. The Morgan fingerprint density at radius 3 is 2.69 bits per heavy atom. The van der Waals surface area contributed by atoms with Crippen molar-refractivity contribution in [3.8, 4) is 0 Å². The third-order valence-corrected chi connectivity index (χ3v) is 5.83. The van der Waals surface area contributed by atoms with Crippen LogP contribution in [0.25, 0.3) is 0 Å². The van der Waals surface area contributed by atoms with Crippen LogP contribution in [0.4, 0.5) is 0 Å². The summed E-state index contributed by atoms with van der Waals surface area (Å²) in [5, 5.41) is 20.6. The van der Waals surface area contributed by atoms with Gasteiger partial charge < -0.3 is 14.9 Å². The van der Waals surface area contributed by atoms with E-state index >= 15 is 0 Å². The molecule has 2 N–H and O–H groups in total. The fourth-order valence-electron chi connectivity index (χ4n) is 3.89. The minimum absolute atomic E-state index is 0.131. The third kappa shape index (κ3) is 8.68. The molecule has 0 heterocycles. The second kappa shape index (κ2) is 13.3. The van der Waals surface area contributed by atoms with Gasteiger partial charge in [-0.15, -0.1) is 0 Å². The number of rotatable bonds is 13. The molecule has 0 aliphatic heterocycles. The lowest BCUT2D eigenvalue weighted by atomic mass is 9.91. The van der Waals surface area contributed by atoms with Gasteiger partial charge in [0.1, 0.15) is 0 Å². The lowest BCUT2D eigenvalue weighted by molar-refractivity contribution is -0.140. The molecular weight excluding hydrogens is 328 g/mol. The maximum atomic E-state index is 11.1. The van der Waals surface area contributed by atoms with Crippen LogP contribution in [0.3, 0.4) is 0 Å². The molecule has 0 radical (unpaired) electrons. The quantitative estimate of drug-likeness (QED) is 0.279. The van der Waals surface area contributed by atoms with E-state index < -0.39 is 0 Å². The zero-order valence-corrected chi connectivity index (χ0v) is 17.1. The minimum atomic E-state index is -0.272. The van der Waals surface area contributed by atoms with E-state index in [1.165, 1.54) is 25.5 Å². The Bertz CT molecular complexity index is 418. The van der Waals surface area contributed by atoms with Crippen LogP contribution in [-0.2, 0) is 9.53 Å². The summed E-state index contributed by atoms with van der Waals surface area (Å²) >= 11 is 0. The zero-order valence-electron chi connectivity index (χ0n) is 17.1. The normalized spacial score (nSPS) is 24.0. The molecular formula is C22H40O4. The number of carbonyl (C=O) groups is 1. The van der Waals surface area contributed by atoms with E-state index in [-0.39, 0.29) is 24.1 Å². The molecule has 0 aromatic heterocycles. The van der Waals surface area contributed by atoms with E-state index in [4.69, 9.17) is 0 Å². The highest BCUT2D eigenvalue weighted by Crippen LogP contribution is 2.36. The van der Waals surface area contributed by atoms with Crippen molar-refractivity contribution < 1.29 is 19.7 Å². The number of methoxy groups -OCH3 is 1. The van der Waals surface area contributed by atoms with E-state index in [9.17, 15) is 15.0 Å². The Morgan fingerprint density at radius 2 is 2.00 bits per heavy atom. The molecule has 26 heavy (non-hydrogen) atoms. The van der Waals surface area contributed by atoms with Crippen LogP contribution < -0.4 is 0 Å². The third-order valence-electron chi connectivity index (χ3n) is 5.83. The summed E-state index contributed by atoms with van der Waals surface area (Å²) in [7, 11) is 1.43. The summed E-state index contributed by atoms with van der Waals surface area (Å²) in [6, 6.07) is 0. The first kappa shape index (κ1) is 23.2. The van der Waals surface area contributed by atoms with E-state index in [2.05, 4.69) is 24.7 Å². The number of esters is 1. The molecule has 0 bridgehead atoms. The first-order valence-corrected chi connectivity index (χ1v) is 10.6. The molecule has 4 atom stereocenters. The predicted molar refractivity (Wildman–Crippen MR) is 106 cm³/mol. The second-order valence-corrected chi connectivity index (χ2v) is 7.94. The molecule has 152 valence electrons. The van der Waals surface area contributed by atoms with E-state index in [1.807, 2.05) is 0 Å². The SMILES string of the molecule is CCCCC(C)C(O)CC=C1CC[C@@H](O)[C@@H]1CCCCCCC(=O)OC. The molecule has 4 nitrogen and oxygen atoms in total. The average Bonchev–Trinajstić information content (AvgIpc) is 2.99. The largest absolute Gasteiger partial charge is 0.469 e.